The lowest BCUT2D eigenvalue weighted by molar-refractivity contribution is -0.131. The van der Waals surface area contributed by atoms with Crippen molar-refractivity contribution in [1.29, 1.82) is 0 Å². The largest absolute Gasteiger partial charge is 0.478 e. The van der Waals surface area contributed by atoms with E-state index in [1.54, 1.807) is 30.3 Å². The van der Waals surface area contributed by atoms with Gasteiger partial charge in [-0.1, -0.05) is 30.3 Å². The first kappa shape index (κ1) is 11.9. The Morgan fingerprint density at radius 2 is 1.61 bits per heavy atom. The van der Waals surface area contributed by atoms with Crippen molar-refractivity contribution in [3.05, 3.63) is 53.6 Å². The average Bonchev–Trinajstić information content (AvgIpc) is 2.35. The molecule has 4 nitrogen and oxygen atoms in total. The van der Waals surface area contributed by atoms with Gasteiger partial charge in [0.25, 0.3) is 0 Å². The summed E-state index contributed by atoms with van der Waals surface area (Å²) in [6.45, 7) is 0. The Morgan fingerprint density at radius 1 is 0.944 bits per heavy atom. The molecule has 0 heterocycles. The van der Waals surface area contributed by atoms with Gasteiger partial charge in [0.2, 0.25) is 0 Å². The summed E-state index contributed by atoms with van der Waals surface area (Å²) in [7, 11) is 0. The number of aliphatic carboxylic acids is 1. The molecule has 2 rings (SSSR count). The second-order valence-electron chi connectivity index (χ2n) is 3.72. The van der Waals surface area contributed by atoms with E-state index >= 15 is 0 Å². The Hall–Kier alpha value is -2.62. The quantitative estimate of drug-likeness (QED) is 0.811. The lowest BCUT2D eigenvalue weighted by atomic mass is 9.99. The normalized spacial score (nSPS) is 10.9. The molecule has 0 saturated heterocycles. The Morgan fingerprint density at radius 3 is 2.22 bits per heavy atom. The molecule has 2 aromatic rings. The minimum Gasteiger partial charge on any atom is -0.478 e. The molecule has 0 aliphatic heterocycles. The molecule has 0 unspecified atom stereocenters. The highest BCUT2D eigenvalue weighted by Crippen LogP contribution is 2.23. The van der Waals surface area contributed by atoms with Crippen LogP contribution in [-0.4, -0.2) is 22.2 Å². The summed E-state index contributed by atoms with van der Waals surface area (Å²) in [5, 5.41) is 19.0. The zero-order valence-corrected chi connectivity index (χ0v) is 9.33. The van der Waals surface area contributed by atoms with E-state index in [0.717, 1.165) is 11.5 Å². The van der Waals surface area contributed by atoms with E-state index in [1.807, 2.05) is 0 Å². The van der Waals surface area contributed by atoms with Crippen LogP contribution >= 0.6 is 0 Å². The van der Waals surface area contributed by atoms with Gasteiger partial charge in [-0.3, -0.25) is 0 Å². The predicted octanol–water partition coefficient (Wildman–Crippen LogP) is 2.64. The molecule has 0 fully saturated rings. The lowest BCUT2D eigenvalue weighted by Gasteiger charge is -2.05. The van der Waals surface area contributed by atoms with E-state index in [4.69, 9.17) is 10.2 Å². The number of hydrogen-bond acceptors (Lipinski definition) is 2. The third kappa shape index (κ3) is 2.22. The summed E-state index contributed by atoms with van der Waals surface area (Å²) < 4.78 is 0. The molecule has 0 saturated carbocycles. The average molecular weight is 242 g/mol. The van der Waals surface area contributed by atoms with E-state index in [1.165, 1.54) is 12.1 Å². The number of aromatic carboxylic acids is 1. The van der Waals surface area contributed by atoms with Gasteiger partial charge in [-0.2, -0.15) is 0 Å². The fourth-order valence-corrected chi connectivity index (χ4v) is 1.82. The van der Waals surface area contributed by atoms with Gasteiger partial charge >= 0.3 is 11.9 Å². The summed E-state index contributed by atoms with van der Waals surface area (Å²) in [4.78, 5) is 21.6. The second kappa shape index (κ2) is 4.71. The van der Waals surface area contributed by atoms with E-state index in [2.05, 4.69) is 0 Å². The van der Waals surface area contributed by atoms with E-state index in [0.29, 0.717) is 10.9 Å². The van der Waals surface area contributed by atoms with Crippen LogP contribution in [0.5, 0.6) is 0 Å². The van der Waals surface area contributed by atoms with Crippen LogP contribution in [0.3, 0.4) is 0 Å². The summed E-state index contributed by atoms with van der Waals surface area (Å²) in [6, 6.07) is 10.1. The molecule has 0 amide bonds. The van der Waals surface area contributed by atoms with Crippen molar-refractivity contribution in [2.45, 2.75) is 0 Å². The van der Waals surface area contributed by atoms with E-state index in [9.17, 15) is 9.59 Å². The van der Waals surface area contributed by atoms with Crippen molar-refractivity contribution in [3.8, 4) is 0 Å². The van der Waals surface area contributed by atoms with Crippen LogP contribution in [0, 0.1) is 0 Å². The predicted molar refractivity (Wildman–Crippen MR) is 67.6 cm³/mol. The molecule has 2 aromatic carbocycles. The van der Waals surface area contributed by atoms with Crippen molar-refractivity contribution < 1.29 is 19.8 Å². The van der Waals surface area contributed by atoms with Crippen molar-refractivity contribution >= 4 is 28.8 Å². The molecule has 0 aliphatic rings. The Kier molecular flexibility index (Phi) is 3.10. The summed E-state index contributed by atoms with van der Waals surface area (Å²) in [5.74, 6) is -2.04. The van der Waals surface area contributed by atoms with E-state index in [-0.39, 0.29) is 5.56 Å². The van der Waals surface area contributed by atoms with Crippen LogP contribution in [-0.2, 0) is 4.79 Å². The number of benzene rings is 2. The highest BCUT2D eigenvalue weighted by molar-refractivity contribution is 6.06. The Balaban J connectivity index is 2.68. The third-order valence-corrected chi connectivity index (χ3v) is 2.59. The van der Waals surface area contributed by atoms with Gasteiger partial charge < -0.3 is 10.2 Å². The second-order valence-corrected chi connectivity index (χ2v) is 3.72. The van der Waals surface area contributed by atoms with Crippen molar-refractivity contribution in [2.24, 2.45) is 0 Å². The SMILES string of the molecule is O=C(O)C=Cc1ccc(C(=O)O)c2ccccc12. The van der Waals surface area contributed by atoms with Gasteiger partial charge in [0, 0.05) is 6.08 Å². The number of carboxylic acids is 2. The zero-order chi connectivity index (χ0) is 13.1. The fraction of sp³-hybridized carbons (Fsp3) is 0. The maximum absolute atomic E-state index is 11.1. The molecule has 18 heavy (non-hydrogen) atoms. The van der Waals surface area contributed by atoms with Crippen LogP contribution in [0.25, 0.3) is 16.8 Å². The molecule has 0 aromatic heterocycles. The molecular formula is C14H10O4. The highest BCUT2D eigenvalue weighted by atomic mass is 16.4. The van der Waals surface area contributed by atoms with Crippen molar-refractivity contribution in [2.75, 3.05) is 0 Å². The minimum absolute atomic E-state index is 0.207. The first-order chi connectivity index (χ1) is 8.59. The maximum Gasteiger partial charge on any atom is 0.336 e. The number of hydrogen-bond donors (Lipinski definition) is 2. The first-order valence-corrected chi connectivity index (χ1v) is 5.25. The lowest BCUT2D eigenvalue weighted by Crippen LogP contribution is -1.98. The molecule has 0 radical (unpaired) electrons. The fourth-order valence-electron chi connectivity index (χ4n) is 1.82. The molecule has 0 aliphatic carbocycles. The molecule has 0 atom stereocenters. The third-order valence-electron chi connectivity index (χ3n) is 2.59. The molecular weight excluding hydrogens is 232 g/mol. The monoisotopic (exact) mass is 242 g/mol. The molecule has 4 heteroatoms. The minimum atomic E-state index is -1.04. The smallest absolute Gasteiger partial charge is 0.336 e. The number of carbonyl (C=O) groups is 2. The maximum atomic E-state index is 11.1. The van der Waals surface area contributed by atoms with Crippen LogP contribution in [0.4, 0.5) is 0 Å². The number of rotatable bonds is 3. The highest BCUT2D eigenvalue weighted by Gasteiger charge is 2.09. The summed E-state index contributed by atoms with van der Waals surface area (Å²) in [5.41, 5.74) is 0.885. The van der Waals surface area contributed by atoms with Crippen molar-refractivity contribution in [1.82, 2.24) is 0 Å². The summed E-state index contributed by atoms with van der Waals surface area (Å²) >= 11 is 0. The molecule has 90 valence electrons. The van der Waals surface area contributed by atoms with E-state index < -0.39 is 11.9 Å². The van der Waals surface area contributed by atoms with Gasteiger partial charge in [0.15, 0.2) is 0 Å². The molecule has 0 bridgehead atoms. The Bertz CT molecular complexity index is 656. The van der Waals surface area contributed by atoms with Gasteiger partial charge in [-0.15, -0.1) is 0 Å². The standard InChI is InChI=1S/C14H10O4/c15-13(16)8-6-9-5-7-12(14(17)18)11-4-2-1-3-10(9)11/h1-8H,(H,15,16)(H,17,18). The van der Waals surface area contributed by atoms with Gasteiger partial charge in [0.1, 0.15) is 0 Å². The van der Waals surface area contributed by atoms with Crippen molar-refractivity contribution in [3.63, 3.8) is 0 Å². The zero-order valence-electron chi connectivity index (χ0n) is 9.33. The van der Waals surface area contributed by atoms with Crippen LogP contribution < -0.4 is 0 Å². The van der Waals surface area contributed by atoms with Crippen LogP contribution in [0.1, 0.15) is 15.9 Å². The molecule has 0 spiro atoms. The summed E-state index contributed by atoms with van der Waals surface area (Å²) in [6.07, 6.45) is 2.48. The topological polar surface area (TPSA) is 74.6 Å². The number of carboxylic acid groups (broad SMARTS) is 2. The Labute approximate surface area is 103 Å². The van der Waals surface area contributed by atoms with Gasteiger partial charge in [-0.25, -0.2) is 9.59 Å². The first-order valence-electron chi connectivity index (χ1n) is 5.25. The van der Waals surface area contributed by atoms with Gasteiger partial charge in [0.05, 0.1) is 5.56 Å². The molecule has 2 N–H and O–H groups in total. The number of fused-ring (bicyclic) bond motifs is 1. The van der Waals surface area contributed by atoms with Gasteiger partial charge in [-0.05, 0) is 28.5 Å². The van der Waals surface area contributed by atoms with Crippen LogP contribution in [0.15, 0.2) is 42.5 Å². The van der Waals surface area contributed by atoms with Crippen LogP contribution in [0.2, 0.25) is 0 Å².